The predicted molar refractivity (Wildman–Crippen MR) is 77.3 cm³/mol. The summed E-state index contributed by atoms with van der Waals surface area (Å²) in [5.41, 5.74) is 0. The number of nitroso groups, excluding NO2 is 2. The van der Waals surface area contributed by atoms with E-state index in [-0.39, 0.29) is 12.0 Å². The first-order valence-corrected chi connectivity index (χ1v) is 7.23. The molecule has 0 aliphatic heterocycles. The smallest absolute Gasteiger partial charge is 0.0952 e. The molecule has 1 rings (SSSR count). The van der Waals surface area contributed by atoms with E-state index in [1.165, 1.54) is 0 Å². The van der Waals surface area contributed by atoms with Crippen molar-refractivity contribution in [3.63, 3.8) is 0 Å². The van der Waals surface area contributed by atoms with Crippen LogP contribution < -0.4 is 0 Å². The highest BCUT2D eigenvalue weighted by atomic mass is 16.5. The minimum Gasteiger partial charge on any atom is -0.498 e. The molecule has 0 saturated carbocycles. The van der Waals surface area contributed by atoms with Gasteiger partial charge in [-0.1, -0.05) is 24.2 Å². The number of rotatable bonds is 10. The molecule has 0 aromatic heterocycles. The number of hydrogen-bond acceptors (Lipinski definition) is 6. The third-order valence-electron chi connectivity index (χ3n) is 3.47. The van der Waals surface area contributed by atoms with Gasteiger partial charge in [0.1, 0.15) is 0 Å². The third kappa shape index (κ3) is 5.77. The van der Waals surface area contributed by atoms with Gasteiger partial charge in [-0.2, -0.15) is 9.81 Å². The molecule has 20 heavy (non-hydrogen) atoms. The van der Waals surface area contributed by atoms with Crippen molar-refractivity contribution in [1.29, 1.82) is 0 Å². The van der Waals surface area contributed by atoms with Crippen molar-refractivity contribution in [2.24, 2.45) is 22.2 Å². The first-order valence-electron chi connectivity index (χ1n) is 7.23. The highest BCUT2D eigenvalue weighted by Crippen LogP contribution is 2.31. The van der Waals surface area contributed by atoms with Crippen LogP contribution in [0.3, 0.4) is 0 Å². The maximum atomic E-state index is 10.0. The molecule has 0 saturated heterocycles. The Balaban J connectivity index is 2.36. The molecule has 0 fully saturated rings. The molecule has 114 valence electrons. The van der Waals surface area contributed by atoms with Gasteiger partial charge in [0.25, 0.3) is 0 Å². The Kier molecular flexibility index (Phi) is 8.02. The Bertz CT molecular complexity index is 333. The fourth-order valence-electron chi connectivity index (χ4n) is 2.30. The van der Waals surface area contributed by atoms with Crippen molar-refractivity contribution in [3.8, 4) is 0 Å². The number of nitrogens with zero attached hydrogens (tertiary/aromatic N) is 2. The van der Waals surface area contributed by atoms with Crippen molar-refractivity contribution in [1.82, 2.24) is 0 Å². The van der Waals surface area contributed by atoms with Gasteiger partial charge in [0, 0.05) is 24.9 Å². The molecule has 3 unspecified atom stereocenters. The van der Waals surface area contributed by atoms with Crippen molar-refractivity contribution >= 4 is 0 Å². The zero-order valence-electron chi connectivity index (χ0n) is 12.3. The standard InChI is InChI=1S/C14H24N2O4/c1-11-9-14(20-8-4-6-16-18)12(2)10-13(11)19-7-3-5-15-17/h9,11-13H,3-8,10H2,1-2H3. The van der Waals surface area contributed by atoms with Gasteiger partial charge in [0.15, 0.2) is 0 Å². The monoisotopic (exact) mass is 284 g/mol. The summed E-state index contributed by atoms with van der Waals surface area (Å²) in [6.07, 6.45) is 4.51. The molecule has 0 radical (unpaired) electrons. The van der Waals surface area contributed by atoms with Crippen molar-refractivity contribution in [2.45, 2.75) is 39.2 Å². The highest BCUT2D eigenvalue weighted by Gasteiger charge is 2.27. The second kappa shape index (κ2) is 9.58. The lowest BCUT2D eigenvalue weighted by molar-refractivity contribution is 0.00117. The van der Waals surface area contributed by atoms with Crippen LogP contribution >= 0.6 is 0 Å². The summed E-state index contributed by atoms with van der Waals surface area (Å²) in [6, 6.07) is 0. The minimum absolute atomic E-state index is 0.167. The lowest BCUT2D eigenvalue weighted by atomic mass is 9.86. The van der Waals surface area contributed by atoms with Crippen LogP contribution in [0.25, 0.3) is 0 Å². The van der Waals surface area contributed by atoms with E-state index in [0.717, 1.165) is 12.2 Å². The van der Waals surface area contributed by atoms with E-state index in [1.807, 2.05) is 0 Å². The molecular formula is C14H24N2O4. The molecule has 3 atom stereocenters. The molecule has 0 spiro atoms. The normalized spacial score (nSPS) is 25.9. The Labute approximate surface area is 119 Å². The Morgan fingerprint density at radius 2 is 1.80 bits per heavy atom. The van der Waals surface area contributed by atoms with E-state index in [0.29, 0.717) is 45.1 Å². The van der Waals surface area contributed by atoms with Crippen molar-refractivity contribution in [2.75, 3.05) is 26.3 Å². The van der Waals surface area contributed by atoms with Crippen LogP contribution in [-0.2, 0) is 9.47 Å². The molecular weight excluding hydrogens is 260 g/mol. The topological polar surface area (TPSA) is 77.3 Å². The van der Waals surface area contributed by atoms with Crippen LogP contribution in [0.15, 0.2) is 22.2 Å². The molecule has 1 aliphatic carbocycles. The van der Waals surface area contributed by atoms with Gasteiger partial charge in [0.2, 0.25) is 0 Å². The average molecular weight is 284 g/mol. The van der Waals surface area contributed by atoms with Crippen LogP contribution in [0.2, 0.25) is 0 Å². The molecule has 0 aromatic rings. The first-order chi connectivity index (χ1) is 9.69. The first kappa shape index (κ1) is 16.8. The Morgan fingerprint density at radius 1 is 1.15 bits per heavy atom. The minimum atomic E-state index is 0.167. The lowest BCUT2D eigenvalue weighted by Gasteiger charge is -2.32. The predicted octanol–water partition coefficient (Wildman–Crippen LogP) is 3.26. The molecule has 0 heterocycles. The Hall–Kier alpha value is -1.30. The summed E-state index contributed by atoms with van der Waals surface area (Å²) < 4.78 is 11.5. The molecule has 0 amide bonds. The van der Waals surface area contributed by atoms with E-state index >= 15 is 0 Å². The van der Waals surface area contributed by atoms with E-state index in [9.17, 15) is 9.81 Å². The second-order valence-corrected chi connectivity index (χ2v) is 5.24. The van der Waals surface area contributed by atoms with Crippen LogP contribution in [0.4, 0.5) is 0 Å². The summed E-state index contributed by atoms with van der Waals surface area (Å²) >= 11 is 0. The van der Waals surface area contributed by atoms with Gasteiger partial charge >= 0.3 is 0 Å². The quantitative estimate of drug-likeness (QED) is 0.455. The van der Waals surface area contributed by atoms with Crippen molar-refractivity contribution in [3.05, 3.63) is 21.6 Å². The molecule has 0 N–H and O–H groups in total. The van der Waals surface area contributed by atoms with E-state index in [1.54, 1.807) is 0 Å². The fourth-order valence-corrected chi connectivity index (χ4v) is 2.30. The van der Waals surface area contributed by atoms with E-state index < -0.39 is 0 Å². The van der Waals surface area contributed by atoms with Gasteiger partial charge in [0.05, 0.1) is 31.6 Å². The third-order valence-corrected chi connectivity index (χ3v) is 3.47. The van der Waals surface area contributed by atoms with Crippen LogP contribution in [0, 0.1) is 21.6 Å². The van der Waals surface area contributed by atoms with E-state index in [4.69, 9.17) is 9.47 Å². The maximum Gasteiger partial charge on any atom is 0.0952 e. The zero-order chi connectivity index (χ0) is 14.8. The van der Waals surface area contributed by atoms with Crippen LogP contribution in [0.5, 0.6) is 0 Å². The highest BCUT2D eigenvalue weighted by molar-refractivity contribution is 5.07. The van der Waals surface area contributed by atoms with Gasteiger partial charge in [-0.3, -0.25) is 0 Å². The average Bonchev–Trinajstić information content (AvgIpc) is 2.44. The molecule has 0 bridgehead atoms. The van der Waals surface area contributed by atoms with Crippen LogP contribution in [-0.4, -0.2) is 32.4 Å². The summed E-state index contributed by atoms with van der Waals surface area (Å²) in [5, 5.41) is 5.64. The Morgan fingerprint density at radius 3 is 2.45 bits per heavy atom. The summed E-state index contributed by atoms with van der Waals surface area (Å²) in [6.45, 7) is 5.93. The van der Waals surface area contributed by atoms with Crippen LogP contribution in [0.1, 0.15) is 33.1 Å². The zero-order valence-corrected chi connectivity index (χ0v) is 12.3. The number of ether oxygens (including phenoxy) is 2. The summed E-state index contributed by atoms with van der Waals surface area (Å²) in [7, 11) is 0. The van der Waals surface area contributed by atoms with Crippen molar-refractivity contribution < 1.29 is 9.47 Å². The SMILES string of the molecule is CC1CC(OCCCN=O)C(C)C=C1OCCCN=O. The lowest BCUT2D eigenvalue weighted by Crippen LogP contribution is -2.29. The van der Waals surface area contributed by atoms with E-state index in [2.05, 4.69) is 30.3 Å². The van der Waals surface area contributed by atoms with Gasteiger partial charge in [-0.25, -0.2) is 0 Å². The molecule has 0 aromatic carbocycles. The molecule has 6 nitrogen and oxygen atoms in total. The summed E-state index contributed by atoms with van der Waals surface area (Å²) in [5.74, 6) is 1.58. The van der Waals surface area contributed by atoms with Gasteiger partial charge in [-0.15, -0.1) is 0 Å². The molecule has 6 heteroatoms. The summed E-state index contributed by atoms with van der Waals surface area (Å²) in [4.78, 5) is 20.0. The second-order valence-electron chi connectivity index (χ2n) is 5.24. The van der Waals surface area contributed by atoms with Gasteiger partial charge in [-0.05, 0) is 18.9 Å². The maximum absolute atomic E-state index is 10.0. The number of allylic oxidation sites excluding steroid dienone is 1. The fraction of sp³-hybridized carbons (Fsp3) is 0.857. The number of hydrogen-bond donors (Lipinski definition) is 0. The largest absolute Gasteiger partial charge is 0.498 e. The van der Waals surface area contributed by atoms with Gasteiger partial charge < -0.3 is 9.47 Å². The molecule has 1 aliphatic rings.